The SMILES string of the molecule is CCS(=O)(=O)NC[C@@H](c1cccs1)S(=O)(=O)c1ccc2c(c1)OCO2. The molecule has 0 aliphatic carbocycles. The summed E-state index contributed by atoms with van der Waals surface area (Å²) in [5.41, 5.74) is 0. The minimum Gasteiger partial charge on any atom is -0.454 e. The first-order valence-corrected chi connectivity index (χ1v) is 11.6. The Bertz CT molecular complexity index is 951. The first kappa shape index (κ1) is 18.2. The van der Waals surface area contributed by atoms with Gasteiger partial charge in [0, 0.05) is 17.5 Å². The number of fused-ring (bicyclic) bond motifs is 1. The molecule has 0 bridgehead atoms. The Morgan fingerprint density at radius 2 is 1.92 bits per heavy atom. The Morgan fingerprint density at radius 1 is 1.16 bits per heavy atom. The van der Waals surface area contributed by atoms with Crippen molar-refractivity contribution in [3.8, 4) is 11.5 Å². The molecule has 1 aliphatic rings. The second-order valence-electron chi connectivity index (χ2n) is 5.32. The van der Waals surface area contributed by atoms with E-state index in [1.54, 1.807) is 17.5 Å². The second-order valence-corrected chi connectivity index (χ2v) is 10.5. The van der Waals surface area contributed by atoms with Crippen molar-refractivity contribution in [1.29, 1.82) is 0 Å². The van der Waals surface area contributed by atoms with E-state index in [-0.39, 0.29) is 24.0 Å². The van der Waals surface area contributed by atoms with Crippen molar-refractivity contribution >= 4 is 31.2 Å². The molecule has 25 heavy (non-hydrogen) atoms. The van der Waals surface area contributed by atoms with E-state index < -0.39 is 25.1 Å². The van der Waals surface area contributed by atoms with Gasteiger partial charge >= 0.3 is 0 Å². The first-order valence-electron chi connectivity index (χ1n) is 7.48. The Balaban J connectivity index is 1.97. The van der Waals surface area contributed by atoms with Crippen molar-refractivity contribution in [3.63, 3.8) is 0 Å². The highest BCUT2D eigenvalue weighted by Gasteiger charge is 2.32. The molecule has 0 fully saturated rings. The van der Waals surface area contributed by atoms with Crippen molar-refractivity contribution in [2.45, 2.75) is 17.1 Å². The highest BCUT2D eigenvalue weighted by atomic mass is 32.2. The minimum absolute atomic E-state index is 0.0451. The predicted octanol–water partition coefficient (Wildman–Crippen LogP) is 1.93. The van der Waals surface area contributed by atoms with E-state index >= 15 is 0 Å². The lowest BCUT2D eigenvalue weighted by molar-refractivity contribution is 0.174. The molecule has 1 aromatic carbocycles. The summed E-state index contributed by atoms with van der Waals surface area (Å²) in [5.74, 6) is 0.729. The maximum atomic E-state index is 13.1. The second kappa shape index (κ2) is 6.94. The standard InChI is InChI=1S/C15H17NO6S3/c1-2-24(17,18)16-9-15(14-4-3-7-23-14)25(19,20)11-5-6-12-13(8-11)22-10-21-12/h3-8,15-16H,2,9-10H2,1H3/t15-/m0/s1. The summed E-state index contributed by atoms with van der Waals surface area (Å²) in [7, 11) is -7.34. The largest absolute Gasteiger partial charge is 0.454 e. The number of ether oxygens (including phenoxy) is 2. The number of sulfone groups is 1. The zero-order valence-electron chi connectivity index (χ0n) is 13.3. The summed E-state index contributed by atoms with van der Waals surface area (Å²) in [6.07, 6.45) is 0. The topological polar surface area (TPSA) is 98.8 Å². The van der Waals surface area contributed by atoms with Crippen LogP contribution in [0.2, 0.25) is 0 Å². The van der Waals surface area contributed by atoms with Crippen molar-refractivity contribution in [1.82, 2.24) is 4.72 Å². The molecule has 0 radical (unpaired) electrons. The van der Waals surface area contributed by atoms with E-state index in [2.05, 4.69) is 4.72 Å². The van der Waals surface area contributed by atoms with Gasteiger partial charge < -0.3 is 9.47 Å². The maximum absolute atomic E-state index is 13.1. The highest BCUT2D eigenvalue weighted by Crippen LogP contribution is 2.38. The summed E-state index contributed by atoms with van der Waals surface area (Å²) in [6, 6.07) is 7.80. The lowest BCUT2D eigenvalue weighted by atomic mass is 10.3. The van der Waals surface area contributed by atoms with Crippen LogP contribution in [0.5, 0.6) is 11.5 Å². The van der Waals surface area contributed by atoms with E-state index in [1.165, 1.54) is 36.5 Å². The van der Waals surface area contributed by atoms with Crippen LogP contribution in [0, 0.1) is 0 Å². The van der Waals surface area contributed by atoms with Crippen LogP contribution < -0.4 is 14.2 Å². The lowest BCUT2D eigenvalue weighted by Crippen LogP contribution is -2.32. The van der Waals surface area contributed by atoms with Gasteiger partial charge in [0.25, 0.3) is 0 Å². The number of hydrogen-bond acceptors (Lipinski definition) is 7. The van der Waals surface area contributed by atoms with Gasteiger partial charge in [-0.25, -0.2) is 21.6 Å². The number of nitrogens with one attached hydrogen (secondary N) is 1. The van der Waals surface area contributed by atoms with Crippen molar-refractivity contribution in [2.24, 2.45) is 0 Å². The molecule has 0 unspecified atom stereocenters. The number of thiophene rings is 1. The number of benzene rings is 1. The van der Waals surface area contributed by atoms with E-state index in [1.807, 2.05) is 0 Å². The third kappa shape index (κ3) is 3.81. The van der Waals surface area contributed by atoms with Crippen LogP contribution >= 0.6 is 11.3 Å². The van der Waals surface area contributed by atoms with E-state index in [0.717, 1.165) is 0 Å². The first-order chi connectivity index (χ1) is 11.8. The Morgan fingerprint density at radius 3 is 2.60 bits per heavy atom. The Kier molecular flexibility index (Phi) is 5.05. The molecule has 136 valence electrons. The molecule has 10 heteroatoms. The molecule has 1 N–H and O–H groups in total. The molecule has 0 spiro atoms. The summed E-state index contributed by atoms with van der Waals surface area (Å²) in [6.45, 7) is 1.31. The third-order valence-electron chi connectivity index (χ3n) is 3.78. The van der Waals surface area contributed by atoms with Crippen LogP contribution in [-0.4, -0.2) is 35.9 Å². The Labute approximate surface area is 150 Å². The molecule has 1 aromatic heterocycles. The zero-order chi connectivity index (χ0) is 18.1. The van der Waals surface area contributed by atoms with Crippen molar-refractivity contribution in [2.75, 3.05) is 19.1 Å². The van der Waals surface area contributed by atoms with E-state index in [4.69, 9.17) is 9.47 Å². The molecule has 2 aromatic rings. The van der Waals surface area contributed by atoms with Gasteiger partial charge in [0.1, 0.15) is 5.25 Å². The molecule has 0 saturated heterocycles. The molecule has 1 aliphatic heterocycles. The van der Waals surface area contributed by atoms with Gasteiger partial charge in [-0.15, -0.1) is 11.3 Å². The van der Waals surface area contributed by atoms with Crippen molar-refractivity contribution in [3.05, 3.63) is 40.6 Å². The summed E-state index contributed by atoms with van der Waals surface area (Å²) < 4.78 is 62.5. The summed E-state index contributed by atoms with van der Waals surface area (Å²) in [5, 5.41) is 0.737. The van der Waals surface area contributed by atoms with Crippen LogP contribution in [0.1, 0.15) is 17.1 Å². The molecular weight excluding hydrogens is 386 g/mol. The molecule has 0 saturated carbocycles. The highest BCUT2D eigenvalue weighted by molar-refractivity contribution is 7.92. The van der Waals surface area contributed by atoms with Gasteiger partial charge in [-0.1, -0.05) is 6.07 Å². The number of hydrogen-bond donors (Lipinski definition) is 1. The third-order valence-corrected chi connectivity index (χ3v) is 8.36. The van der Waals surface area contributed by atoms with Gasteiger partial charge in [-0.05, 0) is 30.5 Å². The van der Waals surface area contributed by atoms with Crippen LogP contribution in [-0.2, 0) is 19.9 Å². The molecule has 7 nitrogen and oxygen atoms in total. The zero-order valence-corrected chi connectivity index (χ0v) is 15.8. The summed E-state index contributed by atoms with van der Waals surface area (Å²) >= 11 is 1.27. The fourth-order valence-corrected chi connectivity index (χ4v) is 5.89. The average Bonchev–Trinajstić information content (AvgIpc) is 3.25. The van der Waals surface area contributed by atoms with Crippen molar-refractivity contribution < 1.29 is 26.3 Å². The monoisotopic (exact) mass is 403 g/mol. The predicted molar refractivity (Wildman–Crippen MR) is 94.3 cm³/mol. The normalized spacial score (nSPS) is 15.2. The number of sulfonamides is 1. The average molecular weight is 404 g/mol. The van der Waals surface area contributed by atoms with Gasteiger partial charge in [0.05, 0.1) is 10.6 Å². The smallest absolute Gasteiger partial charge is 0.231 e. The van der Waals surface area contributed by atoms with Gasteiger partial charge in [-0.3, -0.25) is 0 Å². The lowest BCUT2D eigenvalue weighted by Gasteiger charge is -2.17. The van der Waals surface area contributed by atoms with Crippen LogP contribution in [0.4, 0.5) is 0 Å². The fraction of sp³-hybridized carbons (Fsp3) is 0.333. The summed E-state index contributed by atoms with van der Waals surface area (Å²) in [4.78, 5) is 0.627. The van der Waals surface area contributed by atoms with Gasteiger partial charge in [0.15, 0.2) is 21.3 Å². The molecular formula is C15H17NO6S3. The van der Waals surface area contributed by atoms with Gasteiger partial charge in [0.2, 0.25) is 16.8 Å². The molecule has 0 amide bonds. The Hall–Kier alpha value is -1.62. The number of rotatable bonds is 7. The van der Waals surface area contributed by atoms with E-state index in [0.29, 0.717) is 16.4 Å². The van der Waals surface area contributed by atoms with E-state index in [9.17, 15) is 16.8 Å². The molecule has 3 rings (SSSR count). The van der Waals surface area contributed by atoms with Crippen LogP contribution in [0.25, 0.3) is 0 Å². The van der Waals surface area contributed by atoms with Crippen LogP contribution in [0.15, 0.2) is 40.6 Å². The van der Waals surface area contributed by atoms with Crippen LogP contribution in [0.3, 0.4) is 0 Å². The molecule has 1 atom stereocenters. The minimum atomic E-state index is -3.83. The quantitative estimate of drug-likeness (QED) is 0.758. The maximum Gasteiger partial charge on any atom is 0.231 e. The van der Waals surface area contributed by atoms with Gasteiger partial charge in [-0.2, -0.15) is 0 Å². The fourth-order valence-electron chi connectivity index (χ4n) is 2.36. The molecule has 2 heterocycles.